The maximum atomic E-state index is 9.82. The van der Waals surface area contributed by atoms with E-state index in [-0.39, 0.29) is 5.75 Å². The number of hydrogen-bond acceptors (Lipinski definition) is 5. The van der Waals surface area contributed by atoms with Crippen molar-refractivity contribution >= 4 is 23.4 Å². The molecule has 1 aliphatic heterocycles. The highest BCUT2D eigenvalue weighted by Crippen LogP contribution is 2.38. The number of benzene rings is 1. The van der Waals surface area contributed by atoms with Crippen LogP contribution in [0.5, 0.6) is 5.75 Å². The van der Waals surface area contributed by atoms with E-state index in [1.54, 1.807) is 12.1 Å². The van der Waals surface area contributed by atoms with E-state index >= 15 is 0 Å². The van der Waals surface area contributed by atoms with Crippen LogP contribution in [-0.2, 0) is 0 Å². The van der Waals surface area contributed by atoms with Crippen LogP contribution in [-0.4, -0.2) is 21.0 Å². The highest BCUT2D eigenvalue weighted by molar-refractivity contribution is 7.99. The zero-order valence-electron chi connectivity index (χ0n) is 10.2. The first-order chi connectivity index (χ1) is 9.24. The summed E-state index contributed by atoms with van der Waals surface area (Å²) < 4.78 is 5.25. The Morgan fingerprint density at radius 3 is 3.05 bits per heavy atom. The summed E-state index contributed by atoms with van der Waals surface area (Å²) in [5.74, 6) is 2.26. The van der Waals surface area contributed by atoms with Crippen molar-refractivity contribution in [3.63, 3.8) is 0 Å². The summed E-state index contributed by atoms with van der Waals surface area (Å²) in [6, 6.07) is 4.77. The minimum atomic E-state index is 0.0934. The predicted octanol–water partition coefficient (Wildman–Crippen LogP) is 4.05. The normalized spacial score (nSPS) is 19.5. The Balaban J connectivity index is 1.89. The Hall–Kier alpha value is -1.20. The maximum Gasteiger partial charge on any atom is 0.261 e. The summed E-state index contributed by atoms with van der Waals surface area (Å²) in [6.07, 6.45) is 3.52. The molecule has 1 saturated heterocycles. The van der Waals surface area contributed by atoms with Crippen LogP contribution in [0.15, 0.2) is 22.7 Å². The molecule has 100 valence electrons. The maximum absolute atomic E-state index is 9.82. The van der Waals surface area contributed by atoms with Gasteiger partial charge in [0.2, 0.25) is 0 Å². The fourth-order valence-corrected chi connectivity index (χ4v) is 3.50. The minimum absolute atomic E-state index is 0.0934. The number of hydrogen-bond donors (Lipinski definition) is 1. The van der Waals surface area contributed by atoms with Gasteiger partial charge in [-0.1, -0.05) is 23.2 Å². The molecule has 1 unspecified atom stereocenters. The monoisotopic (exact) mass is 296 g/mol. The molecule has 0 spiro atoms. The first-order valence-corrected chi connectivity index (χ1v) is 7.61. The van der Waals surface area contributed by atoms with E-state index in [9.17, 15) is 5.11 Å². The van der Waals surface area contributed by atoms with Gasteiger partial charge < -0.3 is 9.63 Å². The van der Waals surface area contributed by atoms with Gasteiger partial charge in [-0.15, -0.1) is 0 Å². The molecule has 1 fully saturated rings. The fourth-order valence-electron chi connectivity index (χ4n) is 2.10. The number of phenols is 1. The molecule has 0 radical (unpaired) electrons. The Morgan fingerprint density at radius 2 is 2.26 bits per heavy atom. The van der Waals surface area contributed by atoms with Crippen LogP contribution in [0.25, 0.3) is 11.5 Å². The number of aromatic nitrogens is 2. The van der Waals surface area contributed by atoms with Gasteiger partial charge >= 0.3 is 0 Å². The summed E-state index contributed by atoms with van der Waals surface area (Å²) >= 11 is 7.78. The van der Waals surface area contributed by atoms with E-state index < -0.39 is 0 Å². The Bertz CT molecular complexity index is 582. The molecule has 0 bridgehead atoms. The second kappa shape index (κ2) is 5.43. The molecule has 1 aromatic carbocycles. The first-order valence-electron chi connectivity index (χ1n) is 6.18. The zero-order chi connectivity index (χ0) is 13.2. The number of rotatable bonds is 2. The van der Waals surface area contributed by atoms with Gasteiger partial charge in [-0.25, -0.2) is 0 Å². The van der Waals surface area contributed by atoms with Crippen LogP contribution in [0.4, 0.5) is 0 Å². The van der Waals surface area contributed by atoms with Crippen LogP contribution in [0.1, 0.15) is 30.3 Å². The number of phenolic OH excluding ortho intramolecular Hbond substituents is 1. The van der Waals surface area contributed by atoms with Crippen molar-refractivity contribution in [3.05, 3.63) is 29.0 Å². The third kappa shape index (κ3) is 2.72. The van der Waals surface area contributed by atoms with Gasteiger partial charge in [-0.05, 0) is 36.8 Å². The second-order valence-electron chi connectivity index (χ2n) is 4.47. The molecule has 1 N–H and O–H groups in total. The summed E-state index contributed by atoms with van der Waals surface area (Å²) in [6.45, 7) is 0. The van der Waals surface area contributed by atoms with E-state index in [4.69, 9.17) is 16.1 Å². The van der Waals surface area contributed by atoms with Crippen LogP contribution in [0.3, 0.4) is 0 Å². The van der Waals surface area contributed by atoms with Gasteiger partial charge in [-0.2, -0.15) is 16.7 Å². The van der Waals surface area contributed by atoms with Crippen LogP contribution < -0.4 is 0 Å². The molecular formula is C13H13ClN2O2S. The van der Waals surface area contributed by atoms with Crippen molar-refractivity contribution in [1.82, 2.24) is 10.1 Å². The molecular weight excluding hydrogens is 284 g/mol. The van der Waals surface area contributed by atoms with E-state index in [2.05, 4.69) is 10.1 Å². The SMILES string of the molecule is Oc1ccc(Cl)cc1-c1nc(C2CCCCS2)no1. The standard InChI is InChI=1S/C13H13ClN2O2S/c14-8-4-5-10(17)9(7-8)13-15-12(16-18-13)11-3-1-2-6-19-11/h4-5,7,11,17H,1-3,6H2. The van der Waals surface area contributed by atoms with Crippen molar-refractivity contribution in [2.24, 2.45) is 0 Å². The van der Waals surface area contributed by atoms with Crippen LogP contribution in [0, 0.1) is 0 Å². The molecule has 6 heteroatoms. The van der Waals surface area contributed by atoms with Gasteiger partial charge in [0, 0.05) is 5.02 Å². The summed E-state index contributed by atoms with van der Waals surface area (Å²) in [5, 5.41) is 14.7. The van der Waals surface area contributed by atoms with Gasteiger partial charge in [-0.3, -0.25) is 0 Å². The van der Waals surface area contributed by atoms with Crippen molar-refractivity contribution in [3.8, 4) is 17.2 Å². The molecule has 3 rings (SSSR count). The van der Waals surface area contributed by atoms with Crippen molar-refractivity contribution in [1.29, 1.82) is 0 Å². The molecule has 1 atom stereocenters. The average molecular weight is 297 g/mol. The Labute approximate surface area is 120 Å². The third-order valence-electron chi connectivity index (χ3n) is 3.10. The summed E-state index contributed by atoms with van der Waals surface area (Å²) in [7, 11) is 0. The van der Waals surface area contributed by atoms with E-state index in [1.165, 1.54) is 18.9 Å². The lowest BCUT2D eigenvalue weighted by molar-refractivity contribution is 0.415. The van der Waals surface area contributed by atoms with Gasteiger partial charge in [0.05, 0.1) is 10.8 Å². The van der Waals surface area contributed by atoms with Crippen molar-refractivity contribution in [2.75, 3.05) is 5.75 Å². The Kier molecular flexibility index (Phi) is 3.66. The lowest BCUT2D eigenvalue weighted by atomic mass is 10.2. The van der Waals surface area contributed by atoms with Gasteiger partial charge in [0.25, 0.3) is 5.89 Å². The minimum Gasteiger partial charge on any atom is -0.507 e. The van der Waals surface area contributed by atoms with Crippen molar-refractivity contribution in [2.45, 2.75) is 24.5 Å². The average Bonchev–Trinajstić information content (AvgIpc) is 2.92. The number of aromatic hydroxyl groups is 1. The number of halogens is 1. The highest BCUT2D eigenvalue weighted by atomic mass is 35.5. The van der Waals surface area contributed by atoms with Crippen LogP contribution in [0.2, 0.25) is 5.02 Å². The fraction of sp³-hybridized carbons (Fsp3) is 0.385. The summed E-state index contributed by atoms with van der Waals surface area (Å²) in [4.78, 5) is 4.39. The molecule has 4 nitrogen and oxygen atoms in total. The molecule has 1 aliphatic rings. The first kappa shape index (κ1) is 12.8. The lowest BCUT2D eigenvalue weighted by Crippen LogP contribution is -2.03. The smallest absolute Gasteiger partial charge is 0.261 e. The van der Waals surface area contributed by atoms with E-state index in [0.29, 0.717) is 27.6 Å². The summed E-state index contributed by atoms with van der Waals surface area (Å²) in [5.41, 5.74) is 0.479. The molecule has 0 aliphatic carbocycles. The molecule has 0 saturated carbocycles. The van der Waals surface area contributed by atoms with Gasteiger partial charge in [0.15, 0.2) is 5.82 Å². The zero-order valence-corrected chi connectivity index (χ0v) is 11.7. The number of thioether (sulfide) groups is 1. The highest BCUT2D eigenvalue weighted by Gasteiger charge is 2.22. The molecule has 1 aromatic heterocycles. The molecule has 0 amide bonds. The molecule has 2 heterocycles. The third-order valence-corrected chi connectivity index (χ3v) is 4.71. The van der Waals surface area contributed by atoms with Crippen molar-refractivity contribution < 1.29 is 9.63 Å². The molecule has 19 heavy (non-hydrogen) atoms. The number of nitrogens with zero attached hydrogens (tertiary/aromatic N) is 2. The Morgan fingerprint density at radius 1 is 1.37 bits per heavy atom. The van der Waals surface area contributed by atoms with E-state index in [1.807, 2.05) is 11.8 Å². The topological polar surface area (TPSA) is 59.2 Å². The van der Waals surface area contributed by atoms with Crippen LogP contribution >= 0.6 is 23.4 Å². The predicted molar refractivity (Wildman–Crippen MR) is 75.5 cm³/mol. The van der Waals surface area contributed by atoms with E-state index in [0.717, 1.165) is 12.2 Å². The largest absolute Gasteiger partial charge is 0.507 e. The molecule has 2 aromatic rings. The quantitative estimate of drug-likeness (QED) is 0.906. The lowest BCUT2D eigenvalue weighted by Gasteiger charge is -2.17. The van der Waals surface area contributed by atoms with Gasteiger partial charge in [0.1, 0.15) is 5.75 Å². The second-order valence-corrected chi connectivity index (χ2v) is 6.22.